The lowest BCUT2D eigenvalue weighted by Crippen LogP contribution is -3.19. The number of rotatable bonds is 4. The number of quaternary nitrogens is 1. The van der Waals surface area contributed by atoms with Gasteiger partial charge in [0, 0.05) is 6.07 Å². The molecule has 2 fully saturated rings. The van der Waals surface area contributed by atoms with Crippen LogP contribution in [0.5, 0.6) is 0 Å². The summed E-state index contributed by atoms with van der Waals surface area (Å²) in [4.78, 5) is 33.7. The predicted octanol–water partition coefficient (Wildman–Crippen LogP) is 0.100. The molecule has 6 heteroatoms. The Bertz CT molecular complexity index is 814. The third-order valence-electron chi connectivity index (χ3n) is 5.68. The normalized spacial score (nSPS) is 21.1. The second-order valence-electron chi connectivity index (χ2n) is 7.24. The average molecular weight is 366 g/mol. The van der Waals surface area contributed by atoms with Crippen LogP contribution in [0.3, 0.4) is 0 Å². The number of aryl methyl sites for hydroxylation is 1. The van der Waals surface area contributed by atoms with E-state index in [9.17, 15) is 9.59 Å². The number of aromatic nitrogens is 1. The minimum absolute atomic E-state index is 0.0565. The number of pyridine rings is 1. The molecule has 3 heterocycles. The monoisotopic (exact) mass is 366 g/mol. The third kappa shape index (κ3) is 3.45. The number of hydrogen-bond donors (Lipinski definition) is 1. The van der Waals surface area contributed by atoms with Gasteiger partial charge in [-0.05, 0) is 30.2 Å². The van der Waals surface area contributed by atoms with Gasteiger partial charge in [-0.2, -0.15) is 0 Å². The van der Waals surface area contributed by atoms with Gasteiger partial charge in [0.1, 0.15) is 26.2 Å². The van der Waals surface area contributed by atoms with E-state index < -0.39 is 0 Å². The van der Waals surface area contributed by atoms with Crippen molar-refractivity contribution in [2.75, 3.05) is 36.0 Å². The van der Waals surface area contributed by atoms with Crippen molar-refractivity contribution in [3.8, 4) is 0 Å². The molecule has 27 heavy (non-hydrogen) atoms. The number of benzene rings is 1. The average Bonchev–Trinajstić information content (AvgIpc) is 3.03. The molecule has 2 N–H and O–H groups in total. The van der Waals surface area contributed by atoms with Crippen LogP contribution in [-0.4, -0.2) is 44.0 Å². The number of amides is 2. The van der Waals surface area contributed by atoms with Crippen LogP contribution in [0.4, 0.5) is 11.5 Å². The smallest absolute Gasteiger partial charge is 0.292 e. The number of nitrogens with zero attached hydrogens (tertiary/aromatic N) is 2. The Labute approximate surface area is 159 Å². The molecule has 1 aromatic carbocycles. The first-order valence-electron chi connectivity index (χ1n) is 9.69. The Kier molecular flexibility index (Phi) is 4.90. The number of carbonyl (C=O) groups excluding carboxylic acids is 2. The molecule has 4 rings (SSSR count). The second kappa shape index (κ2) is 7.48. The molecule has 2 amide bonds. The Morgan fingerprint density at radius 1 is 1.07 bits per heavy atom. The summed E-state index contributed by atoms with van der Waals surface area (Å²) >= 11 is 0. The number of anilines is 2. The van der Waals surface area contributed by atoms with Gasteiger partial charge in [-0.3, -0.25) is 14.5 Å². The first-order valence-corrected chi connectivity index (χ1v) is 9.69. The molecular weight excluding hydrogens is 340 g/mol. The van der Waals surface area contributed by atoms with E-state index in [-0.39, 0.29) is 17.9 Å². The van der Waals surface area contributed by atoms with E-state index in [1.165, 1.54) is 15.4 Å². The van der Waals surface area contributed by atoms with E-state index in [0.29, 0.717) is 12.1 Å². The molecule has 0 bridgehead atoms. The van der Waals surface area contributed by atoms with Gasteiger partial charge in [-0.25, -0.2) is 9.88 Å². The van der Waals surface area contributed by atoms with Crippen molar-refractivity contribution in [1.29, 1.82) is 0 Å². The molecular formula is C21H26N4O2+2. The molecule has 140 valence electrons. The lowest BCUT2D eigenvalue weighted by atomic mass is 10.1. The molecule has 0 spiro atoms. The zero-order chi connectivity index (χ0) is 18.8. The summed E-state index contributed by atoms with van der Waals surface area (Å²) in [6.45, 7) is 5.55. The molecule has 0 saturated carbocycles. The number of hydrogen-bond acceptors (Lipinski definition) is 3. The highest BCUT2D eigenvalue weighted by molar-refractivity contribution is 6.21. The zero-order valence-corrected chi connectivity index (χ0v) is 15.6. The molecule has 0 unspecified atom stereocenters. The summed E-state index contributed by atoms with van der Waals surface area (Å²) < 4.78 is 0. The Balaban J connectivity index is 1.43. The summed E-state index contributed by atoms with van der Waals surface area (Å²) in [5.74, 6) is 0.961. The molecule has 2 aromatic rings. The largest absolute Gasteiger partial charge is 0.318 e. The van der Waals surface area contributed by atoms with E-state index in [1.807, 2.05) is 42.6 Å². The van der Waals surface area contributed by atoms with E-state index >= 15 is 0 Å². The Hall–Kier alpha value is -2.73. The van der Waals surface area contributed by atoms with Crippen LogP contribution >= 0.6 is 0 Å². The van der Waals surface area contributed by atoms with Gasteiger partial charge in [0.05, 0.1) is 18.3 Å². The fourth-order valence-electron chi connectivity index (χ4n) is 4.07. The van der Waals surface area contributed by atoms with Gasteiger partial charge in [-0.1, -0.05) is 25.1 Å². The predicted molar refractivity (Wildman–Crippen MR) is 103 cm³/mol. The van der Waals surface area contributed by atoms with Gasteiger partial charge in [0.25, 0.3) is 11.7 Å². The van der Waals surface area contributed by atoms with Crippen LogP contribution in [0.2, 0.25) is 0 Å². The van der Waals surface area contributed by atoms with Crippen molar-refractivity contribution in [2.45, 2.75) is 25.8 Å². The van der Waals surface area contributed by atoms with E-state index in [2.05, 4.69) is 22.9 Å². The Morgan fingerprint density at radius 2 is 1.81 bits per heavy atom. The van der Waals surface area contributed by atoms with Crippen LogP contribution < -0.4 is 19.7 Å². The SMILES string of the molecule is CCc1ccc(N2C(=O)C[C@H]([NH+]3CCN(c4cccc[nH+]4)CC3)C2=O)cc1. The highest BCUT2D eigenvalue weighted by atomic mass is 16.2. The fraction of sp³-hybridized carbons (Fsp3) is 0.381. The number of imide groups is 1. The molecule has 0 radical (unpaired) electrons. The van der Waals surface area contributed by atoms with E-state index in [0.717, 1.165) is 38.4 Å². The van der Waals surface area contributed by atoms with Crippen LogP contribution in [0.1, 0.15) is 18.9 Å². The first kappa shape index (κ1) is 17.7. The van der Waals surface area contributed by atoms with Gasteiger partial charge in [-0.15, -0.1) is 0 Å². The number of nitrogens with one attached hydrogen (secondary N) is 2. The standard InChI is InChI=1S/C21H24N4O2/c1-2-16-6-8-17(9-7-16)25-20(26)15-18(21(25)27)23-11-13-24(14-12-23)19-5-3-4-10-22-19/h3-10,18H,2,11-15H2,1H3/p+2/t18-/m0/s1. The maximum absolute atomic E-state index is 13.0. The topological polar surface area (TPSA) is 59.2 Å². The molecule has 2 saturated heterocycles. The zero-order valence-electron chi connectivity index (χ0n) is 15.6. The first-order chi connectivity index (χ1) is 13.2. The highest BCUT2D eigenvalue weighted by Gasteiger charge is 2.47. The summed E-state index contributed by atoms with van der Waals surface area (Å²) in [5, 5.41) is 0. The maximum Gasteiger partial charge on any atom is 0.292 e. The second-order valence-corrected chi connectivity index (χ2v) is 7.24. The quantitative estimate of drug-likeness (QED) is 0.781. The van der Waals surface area contributed by atoms with Crippen LogP contribution in [0.15, 0.2) is 48.7 Å². The minimum Gasteiger partial charge on any atom is -0.318 e. The number of piperazine rings is 1. The number of aromatic amines is 1. The fourth-order valence-corrected chi connectivity index (χ4v) is 4.07. The van der Waals surface area contributed by atoms with Gasteiger partial charge < -0.3 is 4.90 Å². The molecule has 2 aliphatic heterocycles. The Morgan fingerprint density at radius 3 is 2.44 bits per heavy atom. The molecule has 1 aromatic heterocycles. The van der Waals surface area contributed by atoms with Gasteiger partial charge in [0.2, 0.25) is 5.91 Å². The molecule has 6 nitrogen and oxygen atoms in total. The summed E-state index contributed by atoms with van der Waals surface area (Å²) in [6.07, 6.45) is 3.18. The summed E-state index contributed by atoms with van der Waals surface area (Å²) in [5.41, 5.74) is 1.90. The van der Waals surface area contributed by atoms with E-state index in [4.69, 9.17) is 0 Å². The van der Waals surface area contributed by atoms with Crippen LogP contribution in [-0.2, 0) is 16.0 Å². The lowest BCUT2D eigenvalue weighted by Gasteiger charge is -2.31. The summed E-state index contributed by atoms with van der Waals surface area (Å²) in [6, 6.07) is 13.5. The minimum atomic E-state index is -0.259. The van der Waals surface area contributed by atoms with Crippen molar-refractivity contribution in [1.82, 2.24) is 0 Å². The van der Waals surface area contributed by atoms with Crippen molar-refractivity contribution in [3.63, 3.8) is 0 Å². The molecule has 1 atom stereocenters. The van der Waals surface area contributed by atoms with Crippen LogP contribution in [0.25, 0.3) is 0 Å². The third-order valence-corrected chi connectivity index (χ3v) is 5.68. The van der Waals surface area contributed by atoms with Crippen molar-refractivity contribution in [2.24, 2.45) is 0 Å². The molecule has 2 aliphatic rings. The van der Waals surface area contributed by atoms with Gasteiger partial charge >= 0.3 is 0 Å². The van der Waals surface area contributed by atoms with E-state index in [1.54, 1.807) is 0 Å². The van der Waals surface area contributed by atoms with Crippen LogP contribution in [0, 0.1) is 0 Å². The van der Waals surface area contributed by atoms with Crippen molar-refractivity contribution < 1.29 is 19.5 Å². The van der Waals surface area contributed by atoms with Gasteiger partial charge in [0.15, 0.2) is 6.04 Å². The van der Waals surface area contributed by atoms with Crippen molar-refractivity contribution >= 4 is 23.3 Å². The lowest BCUT2D eigenvalue weighted by molar-refractivity contribution is -0.915. The number of carbonyl (C=O) groups is 2. The highest BCUT2D eigenvalue weighted by Crippen LogP contribution is 2.22. The summed E-state index contributed by atoms with van der Waals surface area (Å²) in [7, 11) is 0. The number of H-pyrrole nitrogens is 1. The van der Waals surface area contributed by atoms with Crippen molar-refractivity contribution in [3.05, 3.63) is 54.2 Å². The maximum atomic E-state index is 13.0. The molecule has 0 aliphatic carbocycles.